The first-order valence-corrected chi connectivity index (χ1v) is 11.5. The number of nitrogens with one attached hydrogen (secondary N) is 2. The molecule has 0 unspecified atom stereocenters. The minimum Gasteiger partial charge on any atom is -0.491 e. The minimum atomic E-state index is -0.279. The number of pyridine rings is 1. The lowest BCUT2D eigenvalue weighted by atomic mass is 10.0. The fraction of sp³-hybridized carbons (Fsp3) is 0.185. The van der Waals surface area contributed by atoms with Crippen molar-refractivity contribution in [3.8, 4) is 16.9 Å². The van der Waals surface area contributed by atoms with Crippen molar-refractivity contribution < 1.29 is 9.13 Å². The van der Waals surface area contributed by atoms with E-state index < -0.39 is 0 Å². The third-order valence-electron chi connectivity index (χ3n) is 6.22. The molecule has 34 heavy (non-hydrogen) atoms. The average molecular weight is 454 g/mol. The number of ether oxygens (including phenoxy) is 1. The van der Waals surface area contributed by atoms with E-state index in [1.165, 1.54) is 12.1 Å². The molecular weight excluding hydrogens is 429 g/mol. The summed E-state index contributed by atoms with van der Waals surface area (Å²) in [6.07, 6.45) is 1.74. The molecular formula is C27H24FN5O. The molecule has 0 saturated carbocycles. The molecule has 6 rings (SSSR count). The normalized spacial score (nSPS) is 13.5. The molecule has 1 aliphatic rings. The zero-order valence-corrected chi connectivity index (χ0v) is 18.8. The van der Waals surface area contributed by atoms with E-state index in [2.05, 4.69) is 55.5 Å². The SMILES string of the molecule is CCNc1nc2ccc(-c3ccc4c(c3)CN(c3ccnc5cc(F)ccc35)CCO4)cc2[nH]1. The number of hydrogen-bond donors (Lipinski definition) is 2. The topological polar surface area (TPSA) is 66.1 Å². The largest absolute Gasteiger partial charge is 0.491 e. The van der Waals surface area contributed by atoms with Crippen LogP contribution in [0.3, 0.4) is 0 Å². The monoisotopic (exact) mass is 453 g/mol. The Morgan fingerprint density at radius 1 is 1.03 bits per heavy atom. The first kappa shape index (κ1) is 20.5. The van der Waals surface area contributed by atoms with Crippen molar-refractivity contribution in [3.05, 3.63) is 78.2 Å². The van der Waals surface area contributed by atoms with Gasteiger partial charge in [0, 0.05) is 42.0 Å². The lowest BCUT2D eigenvalue weighted by Crippen LogP contribution is -2.25. The van der Waals surface area contributed by atoms with Gasteiger partial charge < -0.3 is 19.9 Å². The van der Waals surface area contributed by atoms with Gasteiger partial charge in [0.25, 0.3) is 0 Å². The molecule has 0 spiro atoms. The Morgan fingerprint density at radius 2 is 1.91 bits per heavy atom. The summed E-state index contributed by atoms with van der Waals surface area (Å²) in [5.74, 6) is 1.40. The number of aromatic nitrogens is 3. The van der Waals surface area contributed by atoms with Gasteiger partial charge in [0.15, 0.2) is 0 Å². The predicted octanol–water partition coefficient (Wildman–Crippen LogP) is 5.75. The van der Waals surface area contributed by atoms with Gasteiger partial charge in [0.2, 0.25) is 5.95 Å². The van der Waals surface area contributed by atoms with Crippen LogP contribution in [0.5, 0.6) is 5.75 Å². The predicted molar refractivity (Wildman–Crippen MR) is 134 cm³/mol. The molecule has 0 aliphatic carbocycles. The Balaban J connectivity index is 1.36. The van der Waals surface area contributed by atoms with Crippen molar-refractivity contribution in [3.63, 3.8) is 0 Å². The second-order valence-corrected chi connectivity index (χ2v) is 8.43. The van der Waals surface area contributed by atoms with Crippen LogP contribution in [-0.2, 0) is 6.54 Å². The summed E-state index contributed by atoms with van der Waals surface area (Å²) in [5, 5.41) is 4.16. The van der Waals surface area contributed by atoms with Gasteiger partial charge in [0.1, 0.15) is 18.2 Å². The van der Waals surface area contributed by atoms with Crippen LogP contribution in [0.1, 0.15) is 12.5 Å². The fourth-order valence-electron chi connectivity index (χ4n) is 4.60. The van der Waals surface area contributed by atoms with Crippen LogP contribution in [0.2, 0.25) is 0 Å². The molecule has 0 atom stereocenters. The van der Waals surface area contributed by atoms with Crippen molar-refractivity contribution in [1.82, 2.24) is 15.0 Å². The van der Waals surface area contributed by atoms with Gasteiger partial charge in [-0.1, -0.05) is 12.1 Å². The highest BCUT2D eigenvalue weighted by Crippen LogP contribution is 2.34. The maximum atomic E-state index is 13.7. The van der Waals surface area contributed by atoms with Gasteiger partial charge in [-0.05, 0) is 60.5 Å². The fourth-order valence-corrected chi connectivity index (χ4v) is 4.60. The number of anilines is 2. The summed E-state index contributed by atoms with van der Waals surface area (Å²) < 4.78 is 19.8. The van der Waals surface area contributed by atoms with Gasteiger partial charge >= 0.3 is 0 Å². The summed E-state index contributed by atoms with van der Waals surface area (Å²) >= 11 is 0. The van der Waals surface area contributed by atoms with E-state index in [-0.39, 0.29) is 5.82 Å². The first-order valence-electron chi connectivity index (χ1n) is 11.5. The molecule has 0 bridgehead atoms. The van der Waals surface area contributed by atoms with E-state index in [0.29, 0.717) is 18.7 Å². The van der Waals surface area contributed by atoms with Crippen LogP contribution in [-0.4, -0.2) is 34.6 Å². The summed E-state index contributed by atoms with van der Waals surface area (Å²) in [7, 11) is 0. The second-order valence-electron chi connectivity index (χ2n) is 8.43. The van der Waals surface area contributed by atoms with E-state index in [9.17, 15) is 4.39 Å². The molecule has 3 aromatic carbocycles. The number of halogens is 1. The number of benzene rings is 3. The standard InChI is InChI=1S/C27H24FN5O/c1-2-29-27-31-22-7-3-18(14-24(22)32-27)17-4-8-26-19(13-17)16-33(11-12-34-26)25-9-10-30-23-15-20(28)5-6-21(23)25/h3-10,13-15H,2,11-12,16H2,1H3,(H2,29,31,32). The average Bonchev–Trinajstić information content (AvgIpc) is 3.13. The van der Waals surface area contributed by atoms with E-state index in [0.717, 1.165) is 63.6 Å². The van der Waals surface area contributed by atoms with Gasteiger partial charge in [-0.15, -0.1) is 0 Å². The van der Waals surface area contributed by atoms with E-state index in [1.54, 1.807) is 12.3 Å². The van der Waals surface area contributed by atoms with Crippen molar-refractivity contribution >= 4 is 33.6 Å². The van der Waals surface area contributed by atoms with Crippen molar-refractivity contribution in [2.45, 2.75) is 13.5 Å². The smallest absolute Gasteiger partial charge is 0.201 e. The van der Waals surface area contributed by atoms with Gasteiger partial charge in [0.05, 0.1) is 23.1 Å². The molecule has 2 N–H and O–H groups in total. The minimum absolute atomic E-state index is 0.279. The number of nitrogens with zero attached hydrogens (tertiary/aromatic N) is 3. The molecule has 0 fully saturated rings. The number of fused-ring (bicyclic) bond motifs is 3. The number of aromatic amines is 1. The molecule has 170 valence electrons. The molecule has 7 heteroatoms. The number of rotatable bonds is 4. The highest BCUT2D eigenvalue weighted by Gasteiger charge is 2.19. The second kappa shape index (κ2) is 8.33. The zero-order chi connectivity index (χ0) is 23.1. The number of imidazole rings is 1. The number of H-pyrrole nitrogens is 1. The Hall–Kier alpha value is -4.13. The molecule has 3 heterocycles. The van der Waals surface area contributed by atoms with Crippen molar-refractivity contribution in [1.29, 1.82) is 0 Å². The molecule has 0 saturated heterocycles. The Kier molecular flexibility index (Phi) is 5.02. The molecule has 6 nitrogen and oxygen atoms in total. The van der Waals surface area contributed by atoms with Gasteiger partial charge in [-0.25, -0.2) is 9.37 Å². The van der Waals surface area contributed by atoms with Crippen LogP contribution in [0.4, 0.5) is 16.0 Å². The van der Waals surface area contributed by atoms with Crippen LogP contribution in [0.25, 0.3) is 33.1 Å². The Bertz CT molecular complexity index is 1510. The molecule has 5 aromatic rings. The maximum absolute atomic E-state index is 13.7. The summed E-state index contributed by atoms with van der Waals surface area (Å²) in [6.45, 7) is 4.86. The van der Waals surface area contributed by atoms with Crippen LogP contribution < -0.4 is 15.0 Å². The zero-order valence-electron chi connectivity index (χ0n) is 18.8. The van der Waals surface area contributed by atoms with Crippen molar-refractivity contribution in [2.24, 2.45) is 0 Å². The molecule has 0 radical (unpaired) electrons. The highest BCUT2D eigenvalue weighted by atomic mass is 19.1. The Morgan fingerprint density at radius 3 is 2.82 bits per heavy atom. The summed E-state index contributed by atoms with van der Waals surface area (Å²) in [6, 6.07) is 19.4. The first-order chi connectivity index (χ1) is 16.7. The van der Waals surface area contributed by atoms with E-state index in [4.69, 9.17) is 4.74 Å². The van der Waals surface area contributed by atoms with Crippen molar-refractivity contribution in [2.75, 3.05) is 29.9 Å². The Labute approximate surface area is 196 Å². The molecule has 2 aromatic heterocycles. The quantitative estimate of drug-likeness (QED) is 0.363. The number of hydrogen-bond acceptors (Lipinski definition) is 5. The lowest BCUT2D eigenvalue weighted by Gasteiger charge is -2.23. The van der Waals surface area contributed by atoms with Crippen LogP contribution >= 0.6 is 0 Å². The van der Waals surface area contributed by atoms with Gasteiger partial charge in [-0.2, -0.15) is 0 Å². The van der Waals surface area contributed by atoms with Gasteiger partial charge in [-0.3, -0.25) is 4.98 Å². The van der Waals surface area contributed by atoms with Crippen LogP contribution in [0, 0.1) is 5.82 Å². The van der Waals surface area contributed by atoms with E-state index >= 15 is 0 Å². The molecule has 0 amide bonds. The maximum Gasteiger partial charge on any atom is 0.201 e. The van der Waals surface area contributed by atoms with E-state index in [1.807, 2.05) is 19.1 Å². The lowest BCUT2D eigenvalue weighted by molar-refractivity contribution is 0.332. The third kappa shape index (κ3) is 3.69. The van der Waals surface area contributed by atoms with Crippen LogP contribution in [0.15, 0.2) is 66.9 Å². The summed E-state index contributed by atoms with van der Waals surface area (Å²) in [5.41, 5.74) is 6.96. The highest BCUT2D eigenvalue weighted by molar-refractivity contribution is 5.91. The third-order valence-corrected chi connectivity index (χ3v) is 6.22. The molecule has 1 aliphatic heterocycles. The summed E-state index contributed by atoms with van der Waals surface area (Å²) in [4.78, 5) is 14.5.